The van der Waals surface area contributed by atoms with Gasteiger partial charge in [0.15, 0.2) is 0 Å². The Morgan fingerprint density at radius 2 is 2.00 bits per heavy atom. The monoisotopic (exact) mass is 311 g/mol. The number of carbonyl (C=O) groups is 1. The maximum absolute atomic E-state index is 12.6. The molecule has 3 rings (SSSR count). The Morgan fingerprint density at radius 1 is 1.26 bits per heavy atom. The molecule has 1 aliphatic heterocycles. The maximum atomic E-state index is 12.6. The van der Waals surface area contributed by atoms with Crippen LogP contribution < -0.4 is 5.56 Å². The van der Waals surface area contributed by atoms with Crippen molar-refractivity contribution in [2.24, 2.45) is 5.41 Å². The predicted octanol–water partition coefficient (Wildman–Crippen LogP) is 2.43. The highest BCUT2D eigenvalue weighted by atomic mass is 16.2. The van der Waals surface area contributed by atoms with E-state index in [9.17, 15) is 9.59 Å². The van der Waals surface area contributed by atoms with Gasteiger partial charge in [0.2, 0.25) is 0 Å². The summed E-state index contributed by atoms with van der Waals surface area (Å²) >= 11 is 0. The standard InChI is InChI=1S/C18H21N3O2/c1-18(2)12-21(17(23)15-10-19-11-16(22)20-15)9-8-14(18)13-6-4-3-5-7-13/h3-7,10-11,14H,8-9,12H2,1-2H3,(H,20,22). The lowest BCUT2D eigenvalue weighted by molar-refractivity contribution is 0.0518. The van der Waals surface area contributed by atoms with Crippen molar-refractivity contribution >= 4 is 5.91 Å². The van der Waals surface area contributed by atoms with Gasteiger partial charge in [-0.2, -0.15) is 0 Å². The van der Waals surface area contributed by atoms with Gasteiger partial charge >= 0.3 is 0 Å². The smallest absolute Gasteiger partial charge is 0.271 e. The van der Waals surface area contributed by atoms with Gasteiger partial charge in [-0.1, -0.05) is 44.2 Å². The van der Waals surface area contributed by atoms with Crippen molar-refractivity contribution in [1.29, 1.82) is 0 Å². The molecule has 1 N–H and O–H groups in total. The number of likely N-dealkylation sites (tertiary alicyclic amines) is 1. The van der Waals surface area contributed by atoms with Crippen LogP contribution in [0, 0.1) is 5.41 Å². The predicted molar refractivity (Wildman–Crippen MR) is 88.3 cm³/mol. The minimum absolute atomic E-state index is 0.0300. The molecule has 1 aromatic carbocycles. The van der Waals surface area contributed by atoms with Crippen molar-refractivity contribution in [3.05, 3.63) is 64.3 Å². The highest BCUT2D eigenvalue weighted by Crippen LogP contribution is 2.42. The first-order valence-electron chi connectivity index (χ1n) is 7.86. The summed E-state index contributed by atoms with van der Waals surface area (Å²) in [6, 6.07) is 10.4. The Morgan fingerprint density at radius 3 is 2.65 bits per heavy atom. The zero-order valence-electron chi connectivity index (χ0n) is 13.5. The van der Waals surface area contributed by atoms with E-state index in [-0.39, 0.29) is 22.6 Å². The van der Waals surface area contributed by atoms with Gasteiger partial charge in [-0.3, -0.25) is 14.6 Å². The van der Waals surface area contributed by atoms with Crippen LogP contribution in [0.1, 0.15) is 42.2 Å². The van der Waals surface area contributed by atoms with E-state index in [1.807, 2.05) is 11.0 Å². The Kier molecular flexibility index (Phi) is 4.03. The topological polar surface area (TPSA) is 66.1 Å². The molecule has 1 aliphatic rings. The summed E-state index contributed by atoms with van der Waals surface area (Å²) in [5.74, 6) is 0.260. The van der Waals surface area contributed by atoms with Crippen LogP contribution in [-0.2, 0) is 0 Å². The summed E-state index contributed by atoms with van der Waals surface area (Å²) in [6.45, 7) is 5.72. The molecule has 5 heteroatoms. The zero-order valence-corrected chi connectivity index (χ0v) is 13.5. The number of nitrogens with zero attached hydrogens (tertiary/aromatic N) is 2. The number of amides is 1. The number of nitrogens with one attached hydrogen (secondary N) is 1. The highest BCUT2D eigenvalue weighted by Gasteiger charge is 2.38. The number of aromatic amines is 1. The van der Waals surface area contributed by atoms with E-state index < -0.39 is 0 Å². The first-order valence-corrected chi connectivity index (χ1v) is 7.86. The van der Waals surface area contributed by atoms with E-state index in [1.165, 1.54) is 18.0 Å². The van der Waals surface area contributed by atoms with Gasteiger partial charge in [0, 0.05) is 13.1 Å². The van der Waals surface area contributed by atoms with Gasteiger partial charge in [0.25, 0.3) is 11.5 Å². The summed E-state index contributed by atoms with van der Waals surface area (Å²) < 4.78 is 0. The third-order valence-electron chi connectivity index (χ3n) is 4.60. The third kappa shape index (κ3) is 3.18. The Hall–Kier alpha value is -2.43. The number of piperidine rings is 1. The lowest BCUT2D eigenvalue weighted by Crippen LogP contribution is -2.47. The lowest BCUT2D eigenvalue weighted by atomic mass is 9.70. The highest BCUT2D eigenvalue weighted by molar-refractivity contribution is 5.92. The second-order valence-corrected chi connectivity index (χ2v) is 6.78. The van der Waals surface area contributed by atoms with Gasteiger partial charge in [0.05, 0.1) is 12.4 Å². The molecule has 0 saturated carbocycles. The molecule has 1 atom stereocenters. The third-order valence-corrected chi connectivity index (χ3v) is 4.60. The lowest BCUT2D eigenvalue weighted by Gasteiger charge is -2.44. The molecule has 2 aromatic rings. The number of carbonyl (C=O) groups excluding carboxylic acids is 1. The van der Waals surface area contributed by atoms with Crippen LogP contribution in [0.4, 0.5) is 0 Å². The molecule has 0 bridgehead atoms. The Balaban J connectivity index is 1.79. The van der Waals surface area contributed by atoms with E-state index in [2.05, 4.69) is 48.1 Å². The molecule has 23 heavy (non-hydrogen) atoms. The summed E-state index contributed by atoms with van der Waals surface area (Å²) in [5, 5.41) is 0. The number of H-pyrrole nitrogens is 1. The minimum atomic E-state index is -0.353. The number of hydrogen-bond donors (Lipinski definition) is 1. The first kappa shape index (κ1) is 15.5. The van der Waals surface area contributed by atoms with Crippen molar-refractivity contribution < 1.29 is 4.79 Å². The van der Waals surface area contributed by atoms with Gasteiger partial charge in [-0.25, -0.2) is 0 Å². The number of aromatic nitrogens is 2. The molecule has 5 nitrogen and oxygen atoms in total. The van der Waals surface area contributed by atoms with Crippen LogP contribution in [0.25, 0.3) is 0 Å². The molecule has 1 saturated heterocycles. The van der Waals surface area contributed by atoms with Crippen molar-refractivity contribution in [2.75, 3.05) is 13.1 Å². The molecule has 1 aromatic heterocycles. The molecule has 1 unspecified atom stereocenters. The van der Waals surface area contributed by atoms with E-state index in [1.54, 1.807) is 0 Å². The van der Waals surface area contributed by atoms with Crippen molar-refractivity contribution in [3.8, 4) is 0 Å². The van der Waals surface area contributed by atoms with E-state index in [0.29, 0.717) is 19.0 Å². The van der Waals surface area contributed by atoms with Gasteiger partial charge in [-0.15, -0.1) is 0 Å². The fourth-order valence-electron chi connectivity index (χ4n) is 3.49. The zero-order chi connectivity index (χ0) is 16.4. The van der Waals surface area contributed by atoms with Crippen LogP contribution in [0.2, 0.25) is 0 Å². The van der Waals surface area contributed by atoms with Crippen LogP contribution >= 0.6 is 0 Å². The van der Waals surface area contributed by atoms with E-state index >= 15 is 0 Å². The quantitative estimate of drug-likeness (QED) is 0.926. The maximum Gasteiger partial charge on any atom is 0.271 e. The summed E-state index contributed by atoms with van der Waals surface area (Å²) in [5.41, 5.74) is 1.19. The van der Waals surface area contributed by atoms with Crippen molar-refractivity contribution in [1.82, 2.24) is 14.9 Å². The molecule has 1 fully saturated rings. The fraction of sp³-hybridized carbons (Fsp3) is 0.389. The minimum Gasteiger partial charge on any atom is -0.337 e. The largest absolute Gasteiger partial charge is 0.337 e. The van der Waals surface area contributed by atoms with Crippen LogP contribution in [0.3, 0.4) is 0 Å². The SMILES string of the molecule is CC1(C)CN(C(=O)c2cncc(=O)[nH]2)CCC1c1ccccc1. The average Bonchev–Trinajstić information content (AvgIpc) is 2.54. The van der Waals surface area contributed by atoms with Crippen LogP contribution in [0.15, 0.2) is 47.5 Å². The molecule has 120 valence electrons. The van der Waals surface area contributed by atoms with Crippen molar-refractivity contribution in [2.45, 2.75) is 26.2 Å². The van der Waals surface area contributed by atoms with Crippen LogP contribution in [0.5, 0.6) is 0 Å². The number of hydrogen-bond acceptors (Lipinski definition) is 3. The van der Waals surface area contributed by atoms with E-state index in [4.69, 9.17) is 0 Å². The summed E-state index contributed by atoms with van der Waals surface area (Å²) in [4.78, 5) is 32.1. The van der Waals surface area contributed by atoms with Gasteiger partial charge in [0.1, 0.15) is 5.69 Å². The van der Waals surface area contributed by atoms with E-state index in [0.717, 1.165) is 6.42 Å². The van der Waals surface area contributed by atoms with Crippen molar-refractivity contribution in [3.63, 3.8) is 0 Å². The molecule has 0 aliphatic carbocycles. The van der Waals surface area contributed by atoms with Crippen LogP contribution in [-0.4, -0.2) is 33.9 Å². The number of rotatable bonds is 2. The van der Waals surface area contributed by atoms with Gasteiger partial charge in [-0.05, 0) is 23.3 Å². The molecule has 2 heterocycles. The average molecular weight is 311 g/mol. The first-order chi connectivity index (χ1) is 11.0. The summed E-state index contributed by atoms with van der Waals surface area (Å²) in [6.07, 6.45) is 3.50. The molecular formula is C18H21N3O2. The normalized spacial score (nSPS) is 20.3. The summed E-state index contributed by atoms with van der Waals surface area (Å²) in [7, 11) is 0. The Bertz CT molecular complexity index is 752. The molecular weight excluding hydrogens is 290 g/mol. The number of benzene rings is 1. The molecule has 0 radical (unpaired) electrons. The second-order valence-electron chi connectivity index (χ2n) is 6.78. The van der Waals surface area contributed by atoms with Gasteiger partial charge < -0.3 is 9.88 Å². The second kappa shape index (κ2) is 5.99. The molecule has 0 spiro atoms. The Labute approximate surface area is 135 Å². The fourth-order valence-corrected chi connectivity index (χ4v) is 3.49. The molecule has 1 amide bonds.